The van der Waals surface area contributed by atoms with Crippen molar-refractivity contribution in [1.29, 1.82) is 0 Å². The van der Waals surface area contributed by atoms with Crippen LogP contribution in [0.2, 0.25) is 0 Å². The minimum atomic E-state index is -4.28. The molecule has 0 saturated carbocycles. The van der Waals surface area contributed by atoms with Gasteiger partial charge in [-0.2, -0.15) is 13.2 Å². The third kappa shape index (κ3) is 4.02. The topological polar surface area (TPSA) is 54.9 Å². The molecule has 1 amide bonds. The SMILES string of the molecule is O=C(NCCC(F)(F)F)c1ccc(-c2cscn2)nc1. The summed E-state index contributed by atoms with van der Waals surface area (Å²) in [6.07, 6.45) is -4.01. The fraction of sp³-hybridized carbons (Fsp3) is 0.250. The summed E-state index contributed by atoms with van der Waals surface area (Å²) in [5.74, 6) is -0.577. The van der Waals surface area contributed by atoms with Gasteiger partial charge in [0.1, 0.15) is 0 Å². The first-order valence-corrected chi connectivity index (χ1v) is 6.59. The third-order valence-electron chi connectivity index (χ3n) is 2.41. The second-order valence-electron chi connectivity index (χ2n) is 3.93. The van der Waals surface area contributed by atoms with Gasteiger partial charge in [0.25, 0.3) is 5.91 Å². The minimum Gasteiger partial charge on any atom is -0.352 e. The zero-order valence-corrected chi connectivity index (χ0v) is 11.0. The van der Waals surface area contributed by atoms with Gasteiger partial charge in [-0.05, 0) is 12.1 Å². The Hall–Kier alpha value is -1.96. The molecule has 8 heteroatoms. The van der Waals surface area contributed by atoms with E-state index in [0.717, 1.165) is 0 Å². The van der Waals surface area contributed by atoms with Crippen LogP contribution in [0, 0.1) is 0 Å². The predicted octanol–water partition coefficient (Wildman–Crippen LogP) is 2.89. The van der Waals surface area contributed by atoms with E-state index in [1.165, 1.54) is 23.6 Å². The highest BCUT2D eigenvalue weighted by Crippen LogP contribution is 2.18. The summed E-state index contributed by atoms with van der Waals surface area (Å²) >= 11 is 1.42. The number of amides is 1. The molecule has 2 rings (SSSR count). The van der Waals surface area contributed by atoms with Gasteiger partial charge in [0.2, 0.25) is 0 Å². The molecule has 0 fully saturated rings. The van der Waals surface area contributed by atoms with E-state index in [1.807, 2.05) is 5.38 Å². The Kier molecular flexibility index (Phi) is 4.33. The molecule has 1 N–H and O–H groups in total. The molecule has 0 saturated heterocycles. The molecule has 2 aromatic heterocycles. The average molecular weight is 301 g/mol. The molecule has 2 aromatic rings. The number of alkyl halides is 3. The highest BCUT2D eigenvalue weighted by Gasteiger charge is 2.26. The van der Waals surface area contributed by atoms with Gasteiger partial charge < -0.3 is 5.32 Å². The van der Waals surface area contributed by atoms with Gasteiger partial charge in [0, 0.05) is 18.1 Å². The lowest BCUT2D eigenvalue weighted by Crippen LogP contribution is -2.27. The lowest BCUT2D eigenvalue weighted by atomic mass is 10.2. The summed E-state index contributed by atoms with van der Waals surface area (Å²) < 4.78 is 35.8. The Morgan fingerprint density at radius 2 is 2.05 bits per heavy atom. The van der Waals surface area contributed by atoms with Gasteiger partial charge in [0.15, 0.2) is 0 Å². The Balaban J connectivity index is 1.94. The largest absolute Gasteiger partial charge is 0.390 e. The maximum Gasteiger partial charge on any atom is 0.390 e. The highest BCUT2D eigenvalue weighted by molar-refractivity contribution is 7.07. The fourth-order valence-electron chi connectivity index (χ4n) is 1.44. The molecule has 0 spiro atoms. The molecule has 0 unspecified atom stereocenters. The quantitative estimate of drug-likeness (QED) is 0.944. The van der Waals surface area contributed by atoms with E-state index < -0.39 is 25.0 Å². The van der Waals surface area contributed by atoms with Crippen LogP contribution in [0.25, 0.3) is 11.4 Å². The van der Waals surface area contributed by atoms with Crippen molar-refractivity contribution in [2.45, 2.75) is 12.6 Å². The molecule has 106 valence electrons. The van der Waals surface area contributed by atoms with Crippen molar-refractivity contribution in [1.82, 2.24) is 15.3 Å². The van der Waals surface area contributed by atoms with E-state index in [1.54, 1.807) is 11.6 Å². The lowest BCUT2D eigenvalue weighted by Gasteiger charge is -2.07. The van der Waals surface area contributed by atoms with Crippen molar-refractivity contribution in [3.8, 4) is 11.4 Å². The Labute approximate surface area is 116 Å². The number of aromatic nitrogens is 2. The van der Waals surface area contributed by atoms with E-state index in [9.17, 15) is 18.0 Å². The summed E-state index contributed by atoms with van der Waals surface area (Å²) in [5.41, 5.74) is 3.18. The van der Waals surface area contributed by atoms with Crippen molar-refractivity contribution >= 4 is 17.2 Å². The zero-order valence-electron chi connectivity index (χ0n) is 10.1. The number of rotatable bonds is 4. The van der Waals surface area contributed by atoms with Crippen LogP contribution >= 0.6 is 11.3 Å². The number of nitrogens with zero attached hydrogens (tertiary/aromatic N) is 2. The van der Waals surface area contributed by atoms with Crippen LogP contribution in [0.5, 0.6) is 0 Å². The van der Waals surface area contributed by atoms with Crippen molar-refractivity contribution in [3.63, 3.8) is 0 Å². The van der Waals surface area contributed by atoms with Crippen molar-refractivity contribution in [3.05, 3.63) is 34.8 Å². The van der Waals surface area contributed by atoms with Crippen LogP contribution in [0.4, 0.5) is 13.2 Å². The molecule has 0 aliphatic heterocycles. The van der Waals surface area contributed by atoms with Crippen LogP contribution in [0.15, 0.2) is 29.2 Å². The molecule has 0 aliphatic rings. The van der Waals surface area contributed by atoms with E-state index >= 15 is 0 Å². The second kappa shape index (κ2) is 6.00. The Morgan fingerprint density at radius 1 is 1.25 bits per heavy atom. The summed E-state index contributed by atoms with van der Waals surface area (Å²) in [6, 6.07) is 3.11. The van der Waals surface area contributed by atoms with Gasteiger partial charge >= 0.3 is 6.18 Å². The fourth-order valence-corrected chi connectivity index (χ4v) is 1.98. The Morgan fingerprint density at radius 3 is 2.60 bits per heavy atom. The average Bonchev–Trinajstić information content (AvgIpc) is 2.91. The maximum atomic E-state index is 11.9. The maximum absolute atomic E-state index is 11.9. The zero-order chi connectivity index (χ0) is 14.6. The molecule has 2 heterocycles. The number of hydrogen-bond acceptors (Lipinski definition) is 4. The summed E-state index contributed by atoms with van der Waals surface area (Å²) in [5, 5.41) is 4.01. The van der Waals surface area contributed by atoms with Crippen molar-refractivity contribution in [2.24, 2.45) is 0 Å². The number of thiazole rings is 1. The van der Waals surface area contributed by atoms with Gasteiger partial charge in [-0.1, -0.05) is 0 Å². The molecular weight excluding hydrogens is 291 g/mol. The second-order valence-corrected chi connectivity index (χ2v) is 4.65. The number of halogens is 3. The first kappa shape index (κ1) is 14.4. The van der Waals surface area contributed by atoms with Crippen molar-refractivity contribution < 1.29 is 18.0 Å². The lowest BCUT2D eigenvalue weighted by molar-refractivity contribution is -0.132. The Bertz CT molecular complexity index is 567. The van der Waals surface area contributed by atoms with Crippen LogP contribution in [-0.2, 0) is 0 Å². The van der Waals surface area contributed by atoms with Crippen LogP contribution in [0.3, 0.4) is 0 Å². The molecule has 20 heavy (non-hydrogen) atoms. The molecule has 0 radical (unpaired) electrons. The first-order valence-electron chi connectivity index (χ1n) is 5.65. The van der Waals surface area contributed by atoms with Gasteiger partial charge in [-0.15, -0.1) is 11.3 Å². The smallest absolute Gasteiger partial charge is 0.352 e. The van der Waals surface area contributed by atoms with Gasteiger partial charge in [0.05, 0.1) is 28.9 Å². The van der Waals surface area contributed by atoms with E-state index in [0.29, 0.717) is 11.4 Å². The summed E-state index contributed by atoms with van der Waals surface area (Å²) in [6.45, 7) is -0.448. The van der Waals surface area contributed by atoms with E-state index in [-0.39, 0.29) is 5.56 Å². The normalized spacial score (nSPS) is 11.3. The van der Waals surface area contributed by atoms with E-state index in [2.05, 4.69) is 15.3 Å². The summed E-state index contributed by atoms with van der Waals surface area (Å²) in [7, 11) is 0. The number of nitrogens with one attached hydrogen (secondary N) is 1. The van der Waals surface area contributed by atoms with Gasteiger partial charge in [-0.25, -0.2) is 4.98 Å². The standard InChI is InChI=1S/C12H10F3N3OS/c13-12(14,15)3-4-16-11(19)8-1-2-9(17-5-8)10-6-20-7-18-10/h1-2,5-7H,3-4H2,(H,16,19). The molecule has 0 atom stereocenters. The number of pyridine rings is 1. The van der Waals surface area contributed by atoms with Crippen molar-refractivity contribution in [2.75, 3.05) is 6.54 Å². The molecule has 0 aromatic carbocycles. The van der Waals surface area contributed by atoms with Crippen LogP contribution < -0.4 is 5.32 Å². The monoisotopic (exact) mass is 301 g/mol. The first-order chi connectivity index (χ1) is 9.46. The number of carbonyl (C=O) groups excluding carboxylic acids is 1. The van der Waals surface area contributed by atoms with Crippen LogP contribution in [0.1, 0.15) is 16.8 Å². The van der Waals surface area contributed by atoms with E-state index in [4.69, 9.17) is 0 Å². The predicted molar refractivity (Wildman–Crippen MR) is 68.4 cm³/mol. The number of carbonyl (C=O) groups is 1. The minimum absolute atomic E-state index is 0.214. The third-order valence-corrected chi connectivity index (χ3v) is 3.00. The molecule has 0 aliphatic carbocycles. The molecule has 4 nitrogen and oxygen atoms in total. The van der Waals surface area contributed by atoms with Gasteiger partial charge in [-0.3, -0.25) is 9.78 Å². The summed E-state index contributed by atoms with van der Waals surface area (Å²) in [4.78, 5) is 19.7. The van der Waals surface area contributed by atoms with Crippen LogP contribution in [-0.4, -0.2) is 28.6 Å². The molecule has 0 bridgehead atoms. The highest BCUT2D eigenvalue weighted by atomic mass is 32.1. The number of hydrogen-bond donors (Lipinski definition) is 1. The molecular formula is C12H10F3N3OS.